The van der Waals surface area contributed by atoms with Gasteiger partial charge in [-0.2, -0.15) is 12.1 Å². The predicted octanol–water partition coefficient (Wildman–Crippen LogP) is 8.35. The molecule has 51 heavy (non-hydrogen) atoms. The zero-order chi connectivity index (χ0) is 35.1. The average molecular weight is 811 g/mol. The third-order valence-electron chi connectivity index (χ3n) is 10.3. The van der Waals surface area contributed by atoms with Crippen LogP contribution in [-0.4, -0.2) is 5.43 Å². The van der Waals surface area contributed by atoms with Gasteiger partial charge in [0.05, 0.1) is 0 Å². The van der Waals surface area contributed by atoms with E-state index in [-0.39, 0.29) is 30.2 Å². The topological polar surface area (TPSA) is 0 Å². The molecule has 0 bridgehead atoms. The van der Waals surface area contributed by atoms with Crippen LogP contribution >= 0.6 is 0 Å². The van der Waals surface area contributed by atoms with Crippen LogP contribution in [0.4, 0.5) is 0 Å². The molecule has 0 heterocycles. The molecular formula is C47H56Cl2SiZr-2. The van der Waals surface area contributed by atoms with Crippen LogP contribution in [0.25, 0.3) is 43.8 Å². The minimum atomic E-state index is 0. The number of rotatable bonds is 6. The van der Waals surface area contributed by atoms with E-state index in [0.29, 0.717) is 11.8 Å². The van der Waals surface area contributed by atoms with E-state index in [2.05, 4.69) is 164 Å². The van der Waals surface area contributed by atoms with Crippen molar-refractivity contribution in [2.75, 3.05) is 0 Å². The smallest absolute Gasteiger partial charge is 1.00 e. The second-order valence-electron chi connectivity index (χ2n) is 15.1. The van der Waals surface area contributed by atoms with E-state index in [4.69, 9.17) is 0 Å². The number of halogens is 2. The van der Waals surface area contributed by atoms with E-state index in [1.807, 2.05) is 0 Å². The molecule has 268 valence electrons. The van der Waals surface area contributed by atoms with E-state index in [9.17, 15) is 0 Å². The van der Waals surface area contributed by atoms with Crippen LogP contribution in [0.5, 0.6) is 0 Å². The van der Waals surface area contributed by atoms with Crippen molar-refractivity contribution in [2.24, 2.45) is 5.92 Å². The molecule has 0 aliphatic heterocycles. The maximum absolute atomic E-state index is 2.47. The summed E-state index contributed by atoms with van der Waals surface area (Å²) in [4.78, 5) is 0. The van der Waals surface area contributed by atoms with Crippen molar-refractivity contribution in [3.8, 4) is 22.3 Å². The molecule has 0 atom stereocenters. The van der Waals surface area contributed by atoms with Gasteiger partial charge in [0, 0.05) is 0 Å². The molecule has 0 saturated heterocycles. The first kappa shape index (κ1) is 43.2. The first-order chi connectivity index (χ1) is 23.5. The summed E-state index contributed by atoms with van der Waals surface area (Å²) in [6.45, 7) is 18.2. The molecule has 1 aliphatic carbocycles. The van der Waals surface area contributed by atoms with Gasteiger partial charge in [-0.1, -0.05) is 126 Å². The number of hydrogen-bond acceptors (Lipinski definition) is 0. The van der Waals surface area contributed by atoms with E-state index < -0.39 is 0 Å². The quantitative estimate of drug-likeness (QED) is 0.117. The van der Waals surface area contributed by atoms with E-state index in [1.54, 1.807) is 28.9 Å². The second kappa shape index (κ2) is 20.3. The average Bonchev–Trinajstić information content (AvgIpc) is 3.73. The van der Waals surface area contributed by atoms with Gasteiger partial charge >= 0.3 is 41.9 Å². The fraction of sp³-hybridized carbons (Fsp3) is 0.362. The summed E-state index contributed by atoms with van der Waals surface area (Å²) in [7, 11) is 0. The Morgan fingerprint density at radius 2 is 1.08 bits per heavy atom. The van der Waals surface area contributed by atoms with Crippen LogP contribution in [0.1, 0.15) is 107 Å². The zero-order valence-electron chi connectivity index (χ0n) is 32.0. The maximum Gasteiger partial charge on any atom is -1.00 e. The van der Waals surface area contributed by atoms with Gasteiger partial charge in [-0.3, -0.25) is 0 Å². The summed E-state index contributed by atoms with van der Waals surface area (Å²) in [5, 5.41) is 5.56. The molecule has 0 aromatic heterocycles. The van der Waals surface area contributed by atoms with Crippen LogP contribution in [0.3, 0.4) is 0 Å². The Bertz CT molecular complexity index is 1950. The maximum atomic E-state index is 2.47. The standard InChI is InChI=1S/C25H29.C20H21.C2H6Si.2ClH.Zr/c1-17(2)19-11-13-21(14-12-19)24-6-4-5-22-15-23(16-25(22)24)20-9-7-18(3)8-10-20;1-4-15-12-18-6-5-7-19(20(18)13-15)17-10-8-16(9-11-17)14(2)3;1-3-2;;;/h4-6,11-18,20H,7-10H2,1-3H3;5-14H,4H2,1-3H3;1-2H3;2*1H;/q2*-1;;;;+2/p-2. The second-order valence-corrected chi connectivity index (χ2v) is 24.5. The Morgan fingerprint density at radius 3 is 1.51 bits per heavy atom. The van der Waals surface area contributed by atoms with Crippen LogP contribution in [-0.2, 0) is 29.8 Å². The molecule has 0 radical (unpaired) electrons. The molecule has 4 heteroatoms. The molecule has 0 nitrogen and oxygen atoms in total. The Balaban J connectivity index is 0.000000245. The predicted molar refractivity (Wildman–Crippen MR) is 215 cm³/mol. The Morgan fingerprint density at radius 1 is 0.647 bits per heavy atom. The van der Waals surface area contributed by atoms with E-state index in [1.165, 1.54) is 86.2 Å². The summed E-state index contributed by atoms with van der Waals surface area (Å²) < 4.78 is 0. The van der Waals surface area contributed by atoms with Gasteiger partial charge in [-0.25, -0.2) is 0 Å². The monoisotopic (exact) mass is 808 g/mol. The van der Waals surface area contributed by atoms with Gasteiger partial charge in [0.1, 0.15) is 0 Å². The summed E-state index contributed by atoms with van der Waals surface area (Å²) in [6.07, 6.45) is 6.58. The van der Waals surface area contributed by atoms with Gasteiger partial charge in [0.25, 0.3) is 0 Å². The van der Waals surface area contributed by atoms with Gasteiger partial charge in [-0.05, 0) is 65.2 Å². The SMILES string of the molecule is CC1CCC(c2cc3c(-c4ccc(C(C)C)cc4)cccc3[cH-]2)CC1.CCc1cc2c(-c3ccc(C(C)C)cc3)cccc2[cH-]1.C[Si](C)=[Zr+2].[Cl-].[Cl-]. The third-order valence-corrected chi connectivity index (χ3v) is 10.3. The normalized spacial score (nSPS) is 15.4. The molecule has 0 N–H and O–H groups in total. The van der Waals surface area contributed by atoms with Gasteiger partial charge in [-0.15, -0.1) is 69.1 Å². The molecule has 1 fully saturated rings. The first-order valence-electron chi connectivity index (χ1n) is 18.6. The van der Waals surface area contributed by atoms with Crippen LogP contribution in [0.2, 0.25) is 13.1 Å². The van der Waals surface area contributed by atoms with Gasteiger partial charge in [0.15, 0.2) is 0 Å². The zero-order valence-corrected chi connectivity index (χ0v) is 37.0. The van der Waals surface area contributed by atoms with Crippen molar-refractivity contribution in [3.05, 3.63) is 131 Å². The minimum absolute atomic E-state index is 0. The summed E-state index contributed by atoms with van der Waals surface area (Å²) in [5.74, 6) is 2.85. The molecule has 6 aromatic rings. The summed E-state index contributed by atoms with van der Waals surface area (Å²) >= 11 is 1.74. The van der Waals surface area contributed by atoms with E-state index in [0.717, 1.165) is 18.3 Å². The molecule has 0 unspecified atom stereocenters. The molecule has 7 rings (SSSR count). The fourth-order valence-electron chi connectivity index (χ4n) is 7.19. The minimum Gasteiger partial charge on any atom is -1.00 e. The molecule has 0 amide bonds. The van der Waals surface area contributed by atoms with Crippen LogP contribution in [0.15, 0.2) is 109 Å². The Hall–Kier alpha value is -2.22. The van der Waals surface area contributed by atoms with Crippen LogP contribution in [0, 0.1) is 5.92 Å². The number of aryl methyl sites for hydroxylation is 1. The summed E-state index contributed by atoms with van der Waals surface area (Å²) in [6, 6.07) is 41.1. The molecule has 6 aromatic carbocycles. The van der Waals surface area contributed by atoms with E-state index >= 15 is 0 Å². The van der Waals surface area contributed by atoms with Crippen molar-refractivity contribution in [1.82, 2.24) is 0 Å². The number of benzene rings is 4. The first-order valence-corrected chi connectivity index (χ1v) is 24.8. The number of hydrogen-bond donors (Lipinski definition) is 0. The Labute approximate surface area is 336 Å². The van der Waals surface area contributed by atoms with Crippen molar-refractivity contribution < 1.29 is 48.1 Å². The van der Waals surface area contributed by atoms with Crippen molar-refractivity contribution in [1.29, 1.82) is 0 Å². The molecule has 1 saturated carbocycles. The molecule has 1 aliphatic rings. The van der Waals surface area contributed by atoms with Gasteiger partial charge < -0.3 is 24.8 Å². The summed E-state index contributed by atoms with van der Waals surface area (Å²) in [5.41, 5.74) is 11.4. The molecule has 0 spiro atoms. The van der Waals surface area contributed by atoms with Crippen LogP contribution < -0.4 is 24.8 Å². The van der Waals surface area contributed by atoms with Crippen molar-refractivity contribution in [3.63, 3.8) is 0 Å². The fourth-order valence-corrected chi connectivity index (χ4v) is 7.19. The van der Waals surface area contributed by atoms with Gasteiger partial charge in [0.2, 0.25) is 0 Å². The van der Waals surface area contributed by atoms with Crippen molar-refractivity contribution >= 4 is 27.0 Å². The third kappa shape index (κ3) is 11.4. The Kier molecular flexibility index (Phi) is 17.2. The van der Waals surface area contributed by atoms with Crippen molar-refractivity contribution in [2.45, 2.75) is 104 Å². The number of fused-ring (bicyclic) bond motifs is 2. The largest absolute Gasteiger partial charge is 1.00 e. The molecular weight excluding hydrogens is 755 g/mol.